The van der Waals surface area contributed by atoms with E-state index in [1.54, 1.807) is 0 Å². The lowest BCUT2D eigenvalue weighted by atomic mass is 9.81. The molecule has 18 heavy (non-hydrogen) atoms. The minimum absolute atomic E-state index is 0.0798. The Labute approximate surface area is 114 Å². The van der Waals surface area contributed by atoms with Crippen LogP contribution in [-0.2, 0) is 4.79 Å². The highest BCUT2D eigenvalue weighted by Crippen LogP contribution is 2.39. The average Bonchev–Trinajstić information content (AvgIpc) is 2.27. The zero-order chi connectivity index (χ0) is 13.8. The van der Waals surface area contributed by atoms with Crippen molar-refractivity contribution in [3.8, 4) is 0 Å². The van der Waals surface area contributed by atoms with Gasteiger partial charge in [0.05, 0.1) is 5.92 Å². The predicted octanol–water partition coefficient (Wildman–Crippen LogP) is 3.64. The topological polar surface area (TPSA) is 29.1 Å². The second-order valence-corrected chi connectivity index (χ2v) is 6.51. The molecule has 1 atom stereocenters. The van der Waals surface area contributed by atoms with Crippen LogP contribution < -0.4 is 5.32 Å². The molecule has 0 bridgehead atoms. The summed E-state index contributed by atoms with van der Waals surface area (Å²) in [4.78, 5) is 12.1. The summed E-state index contributed by atoms with van der Waals surface area (Å²) in [5, 5.41) is 2.79. The second kappa shape index (κ2) is 6.78. The summed E-state index contributed by atoms with van der Waals surface area (Å²) in [5.41, 5.74) is 0. The Morgan fingerprint density at radius 2 is 1.89 bits per heavy atom. The van der Waals surface area contributed by atoms with Crippen LogP contribution in [0.15, 0.2) is 0 Å². The van der Waals surface area contributed by atoms with Crippen molar-refractivity contribution in [2.45, 2.75) is 50.0 Å². The largest absolute Gasteiger partial charge is 0.391 e. The van der Waals surface area contributed by atoms with Gasteiger partial charge in [0.2, 0.25) is 5.91 Å². The first-order valence-electron chi connectivity index (χ1n) is 6.29. The lowest BCUT2D eigenvalue weighted by Crippen LogP contribution is -2.36. The van der Waals surface area contributed by atoms with E-state index in [2.05, 4.69) is 21.2 Å². The maximum absolute atomic E-state index is 12.5. The van der Waals surface area contributed by atoms with Crippen molar-refractivity contribution >= 4 is 21.8 Å². The van der Waals surface area contributed by atoms with E-state index in [0.29, 0.717) is 24.2 Å². The number of alkyl halides is 4. The van der Waals surface area contributed by atoms with Crippen molar-refractivity contribution in [1.29, 1.82) is 0 Å². The summed E-state index contributed by atoms with van der Waals surface area (Å²) in [6.45, 7) is 2.56. The van der Waals surface area contributed by atoms with Gasteiger partial charge in [-0.15, -0.1) is 0 Å². The predicted molar refractivity (Wildman–Crippen MR) is 67.5 cm³/mol. The zero-order valence-corrected chi connectivity index (χ0v) is 12.0. The fraction of sp³-hybridized carbons (Fsp3) is 0.917. The summed E-state index contributed by atoms with van der Waals surface area (Å²) in [6.07, 6.45) is -2.43. The molecule has 6 heteroatoms. The number of hydrogen-bond donors (Lipinski definition) is 1. The van der Waals surface area contributed by atoms with Gasteiger partial charge >= 0.3 is 6.18 Å². The number of hydrogen-bond acceptors (Lipinski definition) is 1. The number of nitrogens with one attached hydrogen (secondary N) is 1. The molecule has 1 N–H and O–H groups in total. The van der Waals surface area contributed by atoms with Crippen LogP contribution in [0.4, 0.5) is 13.2 Å². The van der Waals surface area contributed by atoms with Gasteiger partial charge in [-0.25, -0.2) is 0 Å². The number of amides is 1. The van der Waals surface area contributed by atoms with Crippen LogP contribution in [0.2, 0.25) is 0 Å². The Balaban J connectivity index is 2.28. The van der Waals surface area contributed by atoms with E-state index in [1.165, 1.54) is 0 Å². The van der Waals surface area contributed by atoms with Crippen LogP contribution in [-0.4, -0.2) is 23.5 Å². The molecular formula is C12H19BrF3NO. The highest BCUT2D eigenvalue weighted by Gasteiger charge is 2.42. The fourth-order valence-corrected chi connectivity index (χ4v) is 2.45. The van der Waals surface area contributed by atoms with Crippen molar-refractivity contribution in [3.05, 3.63) is 0 Å². The standard InChI is InChI=1S/C12H19BrF3NO/c1-8(13)6-7-17-11(18)9-2-4-10(5-3-9)12(14,15)16/h8-10H,2-7H2,1H3,(H,17,18). The van der Waals surface area contributed by atoms with Gasteiger partial charge in [-0.3, -0.25) is 4.79 Å². The minimum atomic E-state index is -4.10. The van der Waals surface area contributed by atoms with E-state index in [1.807, 2.05) is 6.92 Å². The molecule has 1 unspecified atom stereocenters. The summed E-state index contributed by atoms with van der Waals surface area (Å²) in [6, 6.07) is 0. The van der Waals surface area contributed by atoms with E-state index in [9.17, 15) is 18.0 Å². The van der Waals surface area contributed by atoms with Crippen molar-refractivity contribution < 1.29 is 18.0 Å². The van der Waals surface area contributed by atoms with Gasteiger partial charge in [0.25, 0.3) is 0 Å². The maximum Gasteiger partial charge on any atom is 0.391 e. The zero-order valence-electron chi connectivity index (χ0n) is 10.4. The number of carbonyl (C=O) groups is 1. The molecule has 0 radical (unpaired) electrons. The molecule has 1 rings (SSSR count). The Morgan fingerprint density at radius 3 is 2.33 bits per heavy atom. The van der Waals surface area contributed by atoms with E-state index >= 15 is 0 Å². The second-order valence-electron chi connectivity index (χ2n) is 4.95. The maximum atomic E-state index is 12.5. The molecule has 0 heterocycles. The number of rotatable bonds is 4. The summed E-state index contributed by atoms with van der Waals surface area (Å²) in [7, 11) is 0. The van der Waals surface area contributed by atoms with Gasteiger partial charge < -0.3 is 5.32 Å². The van der Waals surface area contributed by atoms with Crippen molar-refractivity contribution in [3.63, 3.8) is 0 Å². The minimum Gasteiger partial charge on any atom is -0.356 e. The summed E-state index contributed by atoms with van der Waals surface area (Å²) >= 11 is 3.37. The van der Waals surface area contributed by atoms with Crippen molar-refractivity contribution in [2.24, 2.45) is 11.8 Å². The number of halogens is 4. The van der Waals surface area contributed by atoms with Gasteiger partial charge in [0.15, 0.2) is 0 Å². The van der Waals surface area contributed by atoms with Crippen LogP contribution in [0.3, 0.4) is 0 Å². The molecule has 0 spiro atoms. The summed E-state index contributed by atoms with van der Waals surface area (Å²) in [5.74, 6) is -1.55. The third-order valence-electron chi connectivity index (χ3n) is 3.40. The van der Waals surface area contributed by atoms with Crippen molar-refractivity contribution in [1.82, 2.24) is 5.32 Å². The quantitative estimate of drug-likeness (QED) is 0.784. The van der Waals surface area contributed by atoms with Gasteiger partial charge in [-0.2, -0.15) is 13.2 Å². The van der Waals surface area contributed by atoms with Gasteiger partial charge in [-0.1, -0.05) is 22.9 Å². The lowest BCUT2D eigenvalue weighted by molar-refractivity contribution is -0.184. The third-order valence-corrected chi connectivity index (χ3v) is 3.86. The average molecular weight is 330 g/mol. The van der Waals surface area contributed by atoms with Crippen LogP contribution in [0.5, 0.6) is 0 Å². The molecule has 0 aliphatic heterocycles. The molecule has 1 aliphatic carbocycles. The van der Waals surface area contributed by atoms with Crippen LogP contribution in [0.25, 0.3) is 0 Å². The first kappa shape index (κ1) is 15.8. The van der Waals surface area contributed by atoms with E-state index in [-0.39, 0.29) is 24.7 Å². The van der Waals surface area contributed by atoms with Crippen LogP contribution in [0, 0.1) is 11.8 Å². The molecule has 2 nitrogen and oxygen atoms in total. The van der Waals surface area contributed by atoms with Crippen LogP contribution in [0.1, 0.15) is 39.0 Å². The normalized spacial score (nSPS) is 26.7. The van der Waals surface area contributed by atoms with E-state index in [4.69, 9.17) is 0 Å². The molecule has 106 valence electrons. The number of carbonyl (C=O) groups excluding carboxylic acids is 1. The van der Waals surface area contributed by atoms with Crippen LogP contribution >= 0.6 is 15.9 Å². The molecule has 0 aromatic heterocycles. The monoisotopic (exact) mass is 329 g/mol. The molecule has 0 aromatic carbocycles. The Kier molecular flexibility index (Phi) is 5.95. The lowest BCUT2D eigenvalue weighted by Gasteiger charge is -2.29. The molecule has 1 fully saturated rings. The van der Waals surface area contributed by atoms with E-state index in [0.717, 1.165) is 6.42 Å². The molecule has 0 aromatic rings. The molecule has 1 aliphatic rings. The Morgan fingerprint density at radius 1 is 1.33 bits per heavy atom. The smallest absolute Gasteiger partial charge is 0.356 e. The van der Waals surface area contributed by atoms with Gasteiger partial charge in [0, 0.05) is 17.3 Å². The molecular weight excluding hydrogens is 311 g/mol. The van der Waals surface area contributed by atoms with Gasteiger partial charge in [0.1, 0.15) is 0 Å². The fourth-order valence-electron chi connectivity index (χ4n) is 2.22. The first-order valence-corrected chi connectivity index (χ1v) is 7.20. The highest BCUT2D eigenvalue weighted by molar-refractivity contribution is 9.09. The molecule has 1 amide bonds. The highest BCUT2D eigenvalue weighted by atomic mass is 79.9. The van der Waals surface area contributed by atoms with Gasteiger partial charge in [-0.05, 0) is 32.1 Å². The van der Waals surface area contributed by atoms with Crippen molar-refractivity contribution in [2.75, 3.05) is 6.54 Å². The SMILES string of the molecule is CC(Br)CCNC(=O)C1CCC(C(F)(F)F)CC1. The Bertz CT molecular complexity index is 273. The Hall–Kier alpha value is -0.260. The summed E-state index contributed by atoms with van der Waals surface area (Å²) < 4.78 is 37.4. The third kappa shape index (κ3) is 5.16. The van der Waals surface area contributed by atoms with E-state index < -0.39 is 12.1 Å². The molecule has 1 saturated carbocycles. The molecule has 0 saturated heterocycles. The first-order chi connectivity index (χ1) is 8.30.